The summed E-state index contributed by atoms with van der Waals surface area (Å²) in [6.07, 6.45) is 0. The van der Waals surface area contributed by atoms with Gasteiger partial charge in [0.15, 0.2) is 0 Å². The van der Waals surface area contributed by atoms with E-state index in [0.717, 1.165) is 0 Å². The molecule has 0 saturated carbocycles. The third-order valence-electron chi connectivity index (χ3n) is 0.563. The Morgan fingerprint density at radius 2 is 1.71 bits per heavy atom. The monoisotopic (exact) mass is 134 g/mol. The molecule has 0 bridgehead atoms. The van der Waals surface area contributed by atoms with E-state index in [-0.39, 0.29) is 0 Å². The van der Waals surface area contributed by atoms with E-state index in [1.807, 2.05) is 0 Å². The smallest absolute Gasteiger partial charge is 0.0698 e. The fourth-order valence-corrected chi connectivity index (χ4v) is 1.70. The first-order valence-electron chi connectivity index (χ1n) is 2.34. The van der Waals surface area contributed by atoms with Crippen LogP contribution in [0.1, 0.15) is 0 Å². The van der Waals surface area contributed by atoms with Gasteiger partial charge in [-0.3, -0.25) is 0 Å². The van der Waals surface area contributed by atoms with Gasteiger partial charge in [0.25, 0.3) is 0 Å². The minimum Gasteiger partial charge on any atom is -0.0937 e. The van der Waals surface area contributed by atoms with Gasteiger partial charge in [0.05, 0.1) is 8.07 Å². The van der Waals surface area contributed by atoms with E-state index in [9.17, 15) is 0 Å². The maximum absolute atomic E-state index is 5.34. The summed E-state index contributed by atoms with van der Waals surface area (Å²) in [4.78, 5) is 0. The summed E-state index contributed by atoms with van der Waals surface area (Å²) in [7, 11) is -0.970. The van der Waals surface area contributed by atoms with Crippen LogP contribution in [0.25, 0.3) is 0 Å². The molecular formula is C5H11ClSi. The van der Waals surface area contributed by atoms with Crippen molar-refractivity contribution < 1.29 is 0 Å². The highest BCUT2D eigenvalue weighted by Gasteiger charge is 2.05. The molecule has 0 spiro atoms. The van der Waals surface area contributed by atoms with Gasteiger partial charge in [-0.05, 0) is 5.54 Å². The van der Waals surface area contributed by atoms with Crippen molar-refractivity contribution in [3.05, 3.63) is 11.2 Å². The molecule has 42 valence electrons. The highest BCUT2D eigenvalue weighted by Crippen LogP contribution is 2.01. The number of halogens is 1. The van der Waals surface area contributed by atoms with Crippen LogP contribution < -0.4 is 0 Å². The molecule has 0 aliphatic rings. The predicted molar refractivity (Wildman–Crippen MR) is 38.3 cm³/mol. The highest BCUT2D eigenvalue weighted by atomic mass is 35.5. The molecule has 0 aromatic carbocycles. The Balaban J connectivity index is 3.56. The summed E-state index contributed by atoms with van der Waals surface area (Å²) in [5.41, 5.74) is 3.71. The Morgan fingerprint density at radius 1 is 1.29 bits per heavy atom. The van der Waals surface area contributed by atoms with Gasteiger partial charge in [-0.2, -0.15) is 0 Å². The van der Waals surface area contributed by atoms with E-state index in [1.54, 1.807) is 5.54 Å². The lowest BCUT2D eigenvalue weighted by atomic mass is 11.2. The van der Waals surface area contributed by atoms with Gasteiger partial charge in [-0.15, -0.1) is 0 Å². The van der Waals surface area contributed by atoms with Gasteiger partial charge >= 0.3 is 0 Å². The molecule has 0 rings (SSSR count). The fraction of sp³-hybridized carbons (Fsp3) is 0.600. The molecule has 0 amide bonds. The van der Waals surface area contributed by atoms with E-state index in [2.05, 4.69) is 25.3 Å². The minimum atomic E-state index is -0.970. The van der Waals surface area contributed by atoms with Gasteiger partial charge in [-0.1, -0.05) is 36.9 Å². The van der Waals surface area contributed by atoms with Gasteiger partial charge in [0, 0.05) is 0 Å². The topological polar surface area (TPSA) is 0 Å². The Kier molecular flexibility index (Phi) is 2.62. The summed E-state index contributed by atoms with van der Waals surface area (Å²) in [5.74, 6) is 0. The SMILES string of the molecule is C[Si](C)(C)/C=C/Cl. The molecule has 0 atom stereocenters. The second kappa shape index (κ2) is 2.53. The molecule has 0 radical (unpaired) electrons. The van der Waals surface area contributed by atoms with Crippen molar-refractivity contribution >= 4 is 19.7 Å². The first kappa shape index (κ1) is 7.25. The highest BCUT2D eigenvalue weighted by molar-refractivity contribution is 6.81. The van der Waals surface area contributed by atoms with Crippen molar-refractivity contribution in [2.45, 2.75) is 19.6 Å². The van der Waals surface area contributed by atoms with Crippen LogP contribution in [0.2, 0.25) is 19.6 Å². The van der Waals surface area contributed by atoms with Crippen LogP contribution in [0.4, 0.5) is 0 Å². The molecule has 0 N–H and O–H groups in total. The van der Waals surface area contributed by atoms with Gasteiger partial charge in [0.1, 0.15) is 0 Å². The maximum Gasteiger partial charge on any atom is 0.0698 e. The van der Waals surface area contributed by atoms with E-state index in [0.29, 0.717) is 0 Å². The standard InChI is InChI=1S/C5H11ClSi/c1-7(2,3)5-4-6/h4-5H,1-3H3/b5-4+. The predicted octanol–water partition coefficient (Wildman–Crippen LogP) is 2.62. The van der Waals surface area contributed by atoms with Crippen LogP contribution in [0.3, 0.4) is 0 Å². The molecule has 0 saturated heterocycles. The van der Waals surface area contributed by atoms with Crippen LogP contribution in [0.5, 0.6) is 0 Å². The quantitative estimate of drug-likeness (QED) is 0.484. The average molecular weight is 135 g/mol. The lowest BCUT2D eigenvalue weighted by Gasteiger charge is -2.05. The van der Waals surface area contributed by atoms with E-state index in [4.69, 9.17) is 11.6 Å². The fourth-order valence-electron chi connectivity index (χ4n) is 0.189. The number of rotatable bonds is 1. The first-order chi connectivity index (χ1) is 3.06. The lowest BCUT2D eigenvalue weighted by molar-refractivity contribution is 1.78. The molecule has 7 heavy (non-hydrogen) atoms. The van der Waals surface area contributed by atoms with Gasteiger partial charge in [0.2, 0.25) is 0 Å². The number of hydrogen-bond donors (Lipinski definition) is 0. The van der Waals surface area contributed by atoms with Crippen LogP contribution >= 0.6 is 11.6 Å². The Bertz CT molecular complexity index is 70.6. The zero-order chi connectivity index (χ0) is 5.91. The first-order valence-corrected chi connectivity index (χ1v) is 6.35. The van der Waals surface area contributed by atoms with Crippen LogP contribution in [0.15, 0.2) is 11.2 Å². The van der Waals surface area contributed by atoms with E-state index >= 15 is 0 Å². The minimum absolute atomic E-state index is 0.970. The molecular weight excluding hydrogens is 124 g/mol. The Morgan fingerprint density at radius 3 is 1.71 bits per heavy atom. The number of hydrogen-bond acceptors (Lipinski definition) is 0. The van der Waals surface area contributed by atoms with Crippen LogP contribution in [-0.2, 0) is 0 Å². The van der Waals surface area contributed by atoms with Gasteiger partial charge < -0.3 is 0 Å². The van der Waals surface area contributed by atoms with Gasteiger partial charge in [-0.25, -0.2) is 0 Å². The molecule has 0 aromatic heterocycles. The second-order valence-electron chi connectivity index (χ2n) is 2.66. The molecule has 0 aliphatic carbocycles. The molecule has 0 aliphatic heterocycles. The normalized spacial score (nSPS) is 13.1. The van der Waals surface area contributed by atoms with Crippen molar-refractivity contribution in [2.24, 2.45) is 0 Å². The maximum atomic E-state index is 5.34. The molecule has 0 heterocycles. The second-order valence-corrected chi connectivity index (χ2v) is 7.98. The third-order valence-corrected chi connectivity index (χ3v) is 2.07. The molecule has 0 nitrogen and oxygen atoms in total. The van der Waals surface area contributed by atoms with Crippen molar-refractivity contribution in [2.75, 3.05) is 0 Å². The van der Waals surface area contributed by atoms with E-state index in [1.165, 1.54) is 0 Å². The average Bonchev–Trinajstić information content (AvgIpc) is 1.30. The summed E-state index contributed by atoms with van der Waals surface area (Å²) >= 11 is 5.34. The van der Waals surface area contributed by atoms with E-state index < -0.39 is 8.07 Å². The summed E-state index contributed by atoms with van der Waals surface area (Å²) in [6, 6.07) is 0. The Labute approximate surface area is 51.2 Å². The Hall–Kier alpha value is 0.247. The molecule has 0 aromatic rings. The summed E-state index contributed by atoms with van der Waals surface area (Å²) < 4.78 is 0. The lowest BCUT2D eigenvalue weighted by Crippen LogP contribution is -2.14. The van der Waals surface area contributed by atoms with Crippen molar-refractivity contribution in [3.8, 4) is 0 Å². The van der Waals surface area contributed by atoms with Crippen molar-refractivity contribution in [3.63, 3.8) is 0 Å². The third kappa shape index (κ3) is 6.25. The zero-order valence-corrected chi connectivity index (χ0v) is 6.79. The van der Waals surface area contributed by atoms with Crippen molar-refractivity contribution in [1.82, 2.24) is 0 Å². The summed E-state index contributed by atoms with van der Waals surface area (Å²) in [5, 5.41) is 0. The zero-order valence-electron chi connectivity index (χ0n) is 5.03. The summed E-state index contributed by atoms with van der Waals surface area (Å²) in [6.45, 7) is 6.73. The van der Waals surface area contributed by atoms with Crippen molar-refractivity contribution in [1.29, 1.82) is 0 Å². The molecule has 0 unspecified atom stereocenters. The largest absolute Gasteiger partial charge is 0.0937 e. The van der Waals surface area contributed by atoms with Crippen LogP contribution in [-0.4, -0.2) is 8.07 Å². The van der Waals surface area contributed by atoms with Crippen LogP contribution in [0, 0.1) is 0 Å². The molecule has 0 fully saturated rings. The molecule has 2 heteroatoms.